The summed E-state index contributed by atoms with van der Waals surface area (Å²) < 4.78 is 28.3. The molecule has 2 rings (SSSR count). The van der Waals surface area contributed by atoms with Gasteiger partial charge in [0.1, 0.15) is 5.75 Å². The lowest BCUT2D eigenvalue weighted by Gasteiger charge is -2.14. The second-order valence-electron chi connectivity index (χ2n) is 3.89. The Bertz CT molecular complexity index is 356. The van der Waals surface area contributed by atoms with Gasteiger partial charge in [0.15, 0.2) is 0 Å². The molecule has 16 heavy (non-hydrogen) atoms. The summed E-state index contributed by atoms with van der Waals surface area (Å²) in [6.45, 7) is -2.21. The van der Waals surface area contributed by atoms with E-state index >= 15 is 0 Å². The monoisotopic (exact) mass is 249 g/mol. The third-order valence-corrected chi connectivity index (χ3v) is 2.92. The fourth-order valence-electron chi connectivity index (χ4n) is 1.76. The highest BCUT2D eigenvalue weighted by Gasteiger charge is 2.42. The van der Waals surface area contributed by atoms with E-state index in [1.165, 1.54) is 6.07 Å². The van der Waals surface area contributed by atoms with Gasteiger partial charge in [0, 0.05) is 12.0 Å². The van der Waals surface area contributed by atoms with Crippen molar-refractivity contribution in [2.24, 2.45) is 5.73 Å². The minimum Gasteiger partial charge on any atom is -0.435 e. The zero-order valence-electron chi connectivity index (χ0n) is 8.66. The molecule has 1 aromatic carbocycles. The van der Waals surface area contributed by atoms with Crippen molar-refractivity contribution >= 4 is 12.4 Å². The third-order valence-electron chi connectivity index (χ3n) is 2.92. The van der Waals surface area contributed by atoms with E-state index in [-0.39, 0.29) is 23.6 Å². The zero-order chi connectivity index (χ0) is 10.9. The number of alkyl halides is 2. The Labute approximate surface area is 99.2 Å². The molecule has 90 valence electrons. The number of ether oxygens (including phenoxy) is 1. The maximum atomic E-state index is 12.0. The van der Waals surface area contributed by atoms with Crippen LogP contribution in [0.5, 0.6) is 5.75 Å². The van der Waals surface area contributed by atoms with Gasteiger partial charge in [-0.25, -0.2) is 0 Å². The van der Waals surface area contributed by atoms with E-state index in [1.807, 2.05) is 6.07 Å². The Kier molecular flexibility index (Phi) is 4.10. The molecule has 0 aromatic heterocycles. The lowest BCUT2D eigenvalue weighted by Crippen LogP contribution is -2.19. The van der Waals surface area contributed by atoms with Crippen molar-refractivity contribution in [2.75, 3.05) is 6.54 Å². The molecule has 0 amide bonds. The summed E-state index contributed by atoms with van der Waals surface area (Å²) in [5.41, 5.74) is 6.68. The van der Waals surface area contributed by atoms with Crippen molar-refractivity contribution in [3.8, 4) is 5.75 Å². The minimum absolute atomic E-state index is 0. The summed E-state index contributed by atoms with van der Waals surface area (Å²) in [4.78, 5) is 0. The molecule has 0 heterocycles. The highest BCUT2D eigenvalue weighted by Crippen LogP contribution is 2.47. The molecule has 1 saturated carbocycles. The molecule has 5 heteroatoms. The van der Waals surface area contributed by atoms with Gasteiger partial charge >= 0.3 is 6.61 Å². The van der Waals surface area contributed by atoms with Crippen LogP contribution < -0.4 is 10.5 Å². The normalized spacial score (nSPS) is 16.8. The van der Waals surface area contributed by atoms with Gasteiger partial charge in [-0.2, -0.15) is 8.78 Å². The third kappa shape index (κ3) is 2.62. The summed E-state index contributed by atoms with van der Waals surface area (Å²) in [6.07, 6.45) is 2.06. The van der Waals surface area contributed by atoms with Crippen LogP contribution in [0.1, 0.15) is 18.4 Å². The highest BCUT2D eigenvalue weighted by atomic mass is 35.5. The molecule has 0 saturated heterocycles. The van der Waals surface area contributed by atoms with Crippen LogP contribution in [0.15, 0.2) is 24.3 Å². The smallest absolute Gasteiger partial charge is 0.387 e. The molecule has 0 aliphatic heterocycles. The molecule has 1 fully saturated rings. The average Bonchev–Trinajstić information content (AvgIpc) is 2.97. The predicted octanol–water partition coefficient (Wildman–Crippen LogP) is 2.70. The van der Waals surface area contributed by atoms with Gasteiger partial charge in [0.2, 0.25) is 0 Å². The lowest BCUT2D eigenvalue weighted by molar-refractivity contribution is -0.0499. The number of nitrogens with two attached hydrogens (primary N) is 1. The molecule has 1 aliphatic carbocycles. The van der Waals surface area contributed by atoms with Crippen LogP contribution in [0, 0.1) is 0 Å². The molecule has 0 unspecified atom stereocenters. The second-order valence-corrected chi connectivity index (χ2v) is 3.89. The van der Waals surface area contributed by atoms with E-state index in [4.69, 9.17) is 5.73 Å². The summed E-state index contributed by atoms with van der Waals surface area (Å²) >= 11 is 0. The number of rotatable bonds is 4. The molecule has 0 spiro atoms. The molecule has 0 bridgehead atoms. The first-order chi connectivity index (χ1) is 7.16. The van der Waals surface area contributed by atoms with Crippen LogP contribution in [0.3, 0.4) is 0 Å². The highest BCUT2D eigenvalue weighted by molar-refractivity contribution is 5.85. The van der Waals surface area contributed by atoms with E-state index in [2.05, 4.69) is 4.74 Å². The molecular weight excluding hydrogens is 236 g/mol. The first kappa shape index (κ1) is 13.2. The number of hydrogen-bond acceptors (Lipinski definition) is 2. The average molecular weight is 250 g/mol. The number of halogens is 3. The standard InChI is InChI=1S/C11H13F2NO.ClH/c12-10(13)15-9-3-1-2-8(6-9)11(7-14)4-5-11;/h1-3,6,10H,4-5,7,14H2;1H. The molecule has 2 nitrogen and oxygen atoms in total. The summed E-state index contributed by atoms with van der Waals surface area (Å²) in [6, 6.07) is 6.83. The summed E-state index contributed by atoms with van der Waals surface area (Å²) in [5.74, 6) is 0.210. The van der Waals surface area contributed by atoms with Crippen molar-refractivity contribution in [3.63, 3.8) is 0 Å². The van der Waals surface area contributed by atoms with Crippen LogP contribution in [0.4, 0.5) is 8.78 Å². The van der Waals surface area contributed by atoms with Gasteiger partial charge in [-0.3, -0.25) is 0 Å². The maximum Gasteiger partial charge on any atom is 0.387 e. The van der Waals surface area contributed by atoms with E-state index in [0.717, 1.165) is 18.4 Å². The van der Waals surface area contributed by atoms with Gasteiger partial charge in [-0.05, 0) is 30.5 Å². The predicted molar refractivity (Wildman–Crippen MR) is 60.3 cm³/mol. The van der Waals surface area contributed by atoms with Gasteiger partial charge in [-0.15, -0.1) is 12.4 Å². The molecule has 2 N–H and O–H groups in total. The van der Waals surface area contributed by atoms with E-state index in [0.29, 0.717) is 6.54 Å². The van der Waals surface area contributed by atoms with Gasteiger partial charge in [0.05, 0.1) is 0 Å². The first-order valence-corrected chi connectivity index (χ1v) is 4.92. The largest absolute Gasteiger partial charge is 0.435 e. The Morgan fingerprint density at radius 3 is 2.56 bits per heavy atom. The van der Waals surface area contributed by atoms with E-state index in [1.54, 1.807) is 12.1 Å². The fourth-order valence-corrected chi connectivity index (χ4v) is 1.76. The van der Waals surface area contributed by atoms with Gasteiger partial charge in [-0.1, -0.05) is 12.1 Å². The van der Waals surface area contributed by atoms with Crippen LogP contribution in [-0.4, -0.2) is 13.2 Å². The van der Waals surface area contributed by atoms with E-state index in [9.17, 15) is 8.78 Å². The van der Waals surface area contributed by atoms with Crippen LogP contribution in [-0.2, 0) is 5.41 Å². The van der Waals surface area contributed by atoms with Crippen LogP contribution in [0.25, 0.3) is 0 Å². The maximum absolute atomic E-state index is 12.0. The van der Waals surface area contributed by atoms with Crippen molar-refractivity contribution in [2.45, 2.75) is 24.9 Å². The SMILES string of the molecule is Cl.NCC1(c2cccc(OC(F)F)c2)CC1. The second kappa shape index (κ2) is 4.97. The quantitative estimate of drug-likeness (QED) is 0.891. The van der Waals surface area contributed by atoms with Gasteiger partial charge in [0.25, 0.3) is 0 Å². The molecule has 1 aliphatic rings. The zero-order valence-corrected chi connectivity index (χ0v) is 9.47. The first-order valence-electron chi connectivity index (χ1n) is 4.92. The Morgan fingerprint density at radius 2 is 2.06 bits per heavy atom. The van der Waals surface area contributed by atoms with Crippen LogP contribution >= 0.6 is 12.4 Å². The lowest BCUT2D eigenvalue weighted by atomic mass is 9.96. The molecule has 0 radical (unpaired) electrons. The van der Waals surface area contributed by atoms with E-state index < -0.39 is 6.61 Å². The van der Waals surface area contributed by atoms with Crippen molar-refractivity contribution in [3.05, 3.63) is 29.8 Å². The van der Waals surface area contributed by atoms with Crippen molar-refractivity contribution in [1.82, 2.24) is 0 Å². The fraction of sp³-hybridized carbons (Fsp3) is 0.455. The molecule has 1 aromatic rings. The summed E-state index contributed by atoms with van der Waals surface area (Å²) in [7, 11) is 0. The van der Waals surface area contributed by atoms with Crippen LogP contribution in [0.2, 0.25) is 0 Å². The van der Waals surface area contributed by atoms with Gasteiger partial charge < -0.3 is 10.5 Å². The van der Waals surface area contributed by atoms with Crippen molar-refractivity contribution < 1.29 is 13.5 Å². The Morgan fingerprint density at radius 1 is 1.38 bits per heavy atom. The minimum atomic E-state index is -2.77. The number of hydrogen-bond donors (Lipinski definition) is 1. The Balaban J connectivity index is 0.00000128. The van der Waals surface area contributed by atoms with Crippen molar-refractivity contribution in [1.29, 1.82) is 0 Å². The number of benzene rings is 1. The summed E-state index contributed by atoms with van der Waals surface area (Å²) in [5, 5.41) is 0. The molecular formula is C11H14ClF2NO. The Hall–Kier alpha value is -0.870. The molecule has 0 atom stereocenters. The topological polar surface area (TPSA) is 35.2 Å².